The van der Waals surface area contributed by atoms with Gasteiger partial charge in [-0.25, -0.2) is 17.5 Å². The van der Waals surface area contributed by atoms with E-state index in [1.54, 1.807) is 0 Å². The Hall–Kier alpha value is -1.47. The van der Waals surface area contributed by atoms with Gasteiger partial charge in [0.1, 0.15) is 10.7 Å². The van der Waals surface area contributed by atoms with Gasteiger partial charge >= 0.3 is 0 Å². The number of hydrogen-bond donors (Lipinski definition) is 2. The molecule has 0 bridgehead atoms. The quantitative estimate of drug-likeness (QED) is 0.842. The van der Waals surface area contributed by atoms with Gasteiger partial charge in [0.05, 0.1) is 0 Å². The molecule has 1 aliphatic carbocycles. The zero-order valence-corrected chi connectivity index (χ0v) is 11.0. The van der Waals surface area contributed by atoms with Crippen molar-refractivity contribution in [3.8, 4) is 0 Å². The third kappa shape index (κ3) is 2.93. The van der Waals surface area contributed by atoms with Crippen molar-refractivity contribution in [2.24, 2.45) is 5.73 Å². The summed E-state index contributed by atoms with van der Waals surface area (Å²) in [5.74, 6) is -1.39. The zero-order chi connectivity index (χ0) is 14.1. The van der Waals surface area contributed by atoms with Crippen molar-refractivity contribution < 1.29 is 17.6 Å². The van der Waals surface area contributed by atoms with E-state index in [9.17, 15) is 17.6 Å². The number of nitrogens with two attached hydrogens (primary N) is 1. The van der Waals surface area contributed by atoms with Crippen molar-refractivity contribution in [3.63, 3.8) is 0 Å². The number of amides is 1. The van der Waals surface area contributed by atoms with Crippen LogP contribution in [-0.2, 0) is 14.8 Å². The Morgan fingerprint density at radius 1 is 1.37 bits per heavy atom. The number of hydrogen-bond acceptors (Lipinski definition) is 3. The molecule has 0 saturated heterocycles. The van der Waals surface area contributed by atoms with Crippen molar-refractivity contribution in [3.05, 3.63) is 30.1 Å². The minimum atomic E-state index is -3.99. The molecule has 0 atom stereocenters. The lowest BCUT2D eigenvalue weighted by atomic mass is 9.75. The van der Waals surface area contributed by atoms with E-state index in [-0.39, 0.29) is 6.42 Å². The maximum atomic E-state index is 13.5. The first-order valence-electron chi connectivity index (χ1n) is 5.91. The molecule has 104 valence electrons. The number of primary amides is 1. The van der Waals surface area contributed by atoms with E-state index in [1.807, 2.05) is 0 Å². The van der Waals surface area contributed by atoms with Gasteiger partial charge in [0.15, 0.2) is 0 Å². The van der Waals surface area contributed by atoms with Gasteiger partial charge in [-0.2, -0.15) is 0 Å². The summed E-state index contributed by atoms with van der Waals surface area (Å²) in [7, 11) is -3.99. The Bertz CT molecular complexity index is 597. The average molecular weight is 286 g/mol. The molecule has 1 aromatic carbocycles. The summed E-state index contributed by atoms with van der Waals surface area (Å²) in [5.41, 5.74) is 4.27. The molecule has 1 saturated carbocycles. The summed E-state index contributed by atoms with van der Waals surface area (Å²) in [5, 5.41) is 0. The Kier molecular flexibility index (Phi) is 3.60. The number of benzene rings is 1. The van der Waals surface area contributed by atoms with Crippen molar-refractivity contribution in [2.45, 2.75) is 36.1 Å². The summed E-state index contributed by atoms with van der Waals surface area (Å²) in [6.07, 6.45) is 1.81. The maximum absolute atomic E-state index is 13.5. The topological polar surface area (TPSA) is 89.3 Å². The third-order valence-corrected chi connectivity index (χ3v) is 4.91. The molecule has 0 heterocycles. The highest BCUT2D eigenvalue weighted by Gasteiger charge is 2.42. The normalized spacial score (nSPS) is 17.7. The first-order chi connectivity index (χ1) is 8.85. The van der Waals surface area contributed by atoms with Gasteiger partial charge < -0.3 is 5.73 Å². The lowest BCUT2D eigenvalue weighted by Gasteiger charge is -2.41. The Labute approximate surface area is 111 Å². The fourth-order valence-electron chi connectivity index (χ4n) is 2.25. The van der Waals surface area contributed by atoms with Crippen LogP contribution in [0.3, 0.4) is 0 Å². The van der Waals surface area contributed by atoms with Crippen LogP contribution in [0.5, 0.6) is 0 Å². The summed E-state index contributed by atoms with van der Waals surface area (Å²) in [4.78, 5) is 10.6. The van der Waals surface area contributed by atoms with Crippen LogP contribution in [0.15, 0.2) is 29.2 Å². The second-order valence-corrected chi connectivity index (χ2v) is 6.46. The molecule has 1 fully saturated rings. The smallest absolute Gasteiger partial charge is 0.243 e. The summed E-state index contributed by atoms with van der Waals surface area (Å²) in [6.45, 7) is 0. The fourth-order valence-corrected chi connectivity index (χ4v) is 3.79. The molecular formula is C12H15FN2O3S. The van der Waals surface area contributed by atoms with Crippen LogP contribution >= 0.6 is 0 Å². The standard InChI is InChI=1S/C12H15FN2O3S/c13-9-4-1-2-5-10(9)19(17,18)15-12(6-3-7-12)8-11(14)16/h1-2,4-5,15H,3,6-8H2,(H2,14,16). The van der Waals surface area contributed by atoms with Crippen molar-refractivity contribution >= 4 is 15.9 Å². The molecule has 3 N–H and O–H groups in total. The van der Waals surface area contributed by atoms with Crippen molar-refractivity contribution in [1.82, 2.24) is 4.72 Å². The zero-order valence-electron chi connectivity index (χ0n) is 10.2. The molecule has 1 amide bonds. The second kappa shape index (κ2) is 4.90. The van der Waals surface area contributed by atoms with E-state index in [2.05, 4.69) is 4.72 Å². The first-order valence-corrected chi connectivity index (χ1v) is 7.40. The molecular weight excluding hydrogens is 271 g/mol. The van der Waals surface area contributed by atoms with E-state index in [0.29, 0.717) is 12.8 Å². The molecule has 7 heteroatoms. The number of carbonyl (C=O) groups is 1. The molecule has 0 aliphatic heterocycles. The highest BCUT2D eigenvalue weighted by Crippen LogP contribution is 2.36. The van der Waals surface area contributed by atoms with Gasteiger partial charge in [-0.15, -0.1) is 0 Å². The minimum absolute atomic E-state index is 0.0688. The fraction of sp³-hybridized carbons (Fsp3) is 0.417. The van der Waals surface area contributed by atoms with E-state index < -0.39 is 32.2 Å². The van der Waals surface area contributed by atoms with Gasteiger partial charge in [-0.1, -0.05) is 12.1 Å². The number of rotatable bonds is 5. The highest BCUT2D eigenvalue weighted by molar-refractivity contribution is 7.89. The molecule has 0 radical (unpaired) electrons. The summed E-state index contributed by atoms with van der Waals surface area (Å²) in [6, 6.07) is 5.13. The molecule has 1 aliphatic rings. The van der Waals surface area contributed by atoms with Gasteiger partial charge in [0.2, 0.25) is 15.9 Å². The van der Waals surface area contributed by atoms with E-state index >= 15 is 0 Å². The number of carbonyl (C=O) groups excluding carboxylic acids is 1. The molecule has 19 heavy (non-hydrogen) atoms. The number of nitrogens with one attached hydrogen (secondary N) is 1. The lowest BCUT2D eigenvalue weighted by molar-refractivity contribution is -0.120. The Morgan fingerprint density at radius 2 is 2.00 bits per heavy atom. The van der Waals surface area contributed by atoms with Crippen LogP contribution < -0.4 is 10.5 Å². The minimum Gasteiger partial charge on any atom is -0.370 e. The van der Waals surface area contributed by atoms with Gasteiger partial charge in [0, 0.05) is 12.0 Å². The molecule has 0 aromatic heterocycles. The van der Waals surface area contributed by atoms with Crippen molar-refractivity contribution in [2.75, 3.05) is 0 Å². The predicted octanol–water partition coefficient (Wildman–Crippen LogP) is 0.902. The van der Waals surface area contributed by atoms with E-state index in [0.717, 1.165) is 12.5 Å². The van der Waals surface area contributed by atoms with Gasteiger partial charge in [-0.05, 0) is 31.4 Å². The largest absolute Gasteiger partial charge is 0.370 e. The van der Waals surface area contributed by atoms with Crippen LogP contribution in [-0.4, -0.2) is 19.9 Å². The predicted molar refractivity (Wildman–Crippen MR) is 67.1 cm³/mol. The van der Waals surface area contributed by atoms with Crippen LogP contribution in [0.1, 0.15) is 25.7 Å². The van der Waals surface area contributed by atoms with Crippen LogP contribution in [0.25, 0.3) is 0 Å². The first kappa shape index (κ1) is 14.0. The molecule has 0 unspecified atom stereocenters. The number of sulfonamides is 1. The van der Waals surface area contributed by atoms with Crippen LogP contribution in [0.4, 0.5) is 4.39 Å². The Morgan fingerprint density at radius 3 is 2.47 bits per heavy atom. The second-order valence-electron chi connectivity index (χ2n) is 4.81. The Balaban J connectivity index is 2.26. The monoisotopic (exact) mass is 286 g/mol. The molecule has 5 nitrogen and oxygen atoms in total. The van der Waals surface area contributed by atoms with Crippen LogP contribution in [0.2, 0.25) is 0 Å². The van der Waals surface area contributed by atoms with Crippen LogP contribution in [0, 0.1) is 5.82 Å². The highest BCUT2D eigenvalue weighted by atomic mass is 32.2. The molecule has 2 rings (SSSR count). The van der Waals surface area contributed by atoms with Gasteiger partial charge in [0.25, 0.3) is 0 Å². The van der Waals surface area contributed by atoms with E-state index in [4.69, 9.17) is 5.73 Å². The lowest BCUT2D eigenvalue weighted by Crippen LogP contribution is -2.55. The third-order valence-electron chi connectivity index (χ3n) is 3.30. The van der Waals surface area contributed by atoms with E-state index in [1.165, 1.54) is 18.2 Å². The molecule has 1 aromatic rings. The van der Waals surface area contributed by atoms with Gasteiger partial charge in [-0.3, -0.25) is 4.79 Å². The summed E-state index contributed by atoms with van der Waals surface area (Å²) >= 11 is 0. The number of halogens is 1. The molecule has 0 spiro atoms. The average Bonchev–Trinajstić information content (AvgIpc) is 2.25. The van der Waals surface area contributed by atoms with Crippen molar-refractivity contribution in [1.29, 1.82) is 0 Å². The maximum Gasteiger partial charge on any atom is 0.243 e. The summed E-state index contributed by atoms with van der Waals surface area (Å²) < 4.78 is 40.2. The SMILES string of the molecule is NC(=O)CC1(NS(=O)(=O)c2ccccc2F)CCC1.